The van der Waals surface area contributed by atoms with Crippen LogP contribution in [-0.4, -0.2) is 59.7 Å². The molecule has 5 rings (SSSR count). The fraction of sp³-hybridized carbons (Fsp3) is 0.720. The van der Waals surface area contributed by atoms with Crippen LogP contribution in [0.25, 0.3) is 10.8 Å². The average Bonchev–Trinajstić information content (AvgIpc) is 3.58. The van der Waals surface area contributed by atoms with Gasteiger partial charge in [-0.1, -0.05) is 18.9 Å². The molecule has 0 spiro atoms. The van der Waals surface area contributed by atoms with Crippen LogP contribution in [0.15, 0.2) is 21.9 Å². The average molecular weight is 444 g/mol. The quantitative estimate of drug-likeness (QED) is 0.550. The Morgan fingerprint density at radius 3 is 2.65 bits per heavy atom. The molecule has 2 aromatic rings. The first-order chi connectivity index (χ1) is 15.2. The lowest BCUT2D eigenvalue weighted by Crippen LogP contribution is -2.43. The molecule has 1 aliphatic carbocycles. The molecule has 3 fully saturated rings. The summed E-state index contributed by atoms with van der Waals surface area (Å²) in [5.74, 6) is 2.50. The Bertz CT molecular complexity index is 801. The Kier molecular flexibility index (Phi) is 7.08. The number of hydrogen-bond donors (Lipinski definition) is 0. The van der Waals surface area contributed by atoms with E-state index in [4.69, 9.17) is 14.1 Å². The molecule has 4 heterocycles. The predicted molar refractivity (Wildman–Crippen MR) is 125 cm³/mol. The summed E-state index contributed by atoms with van der Waals surface area (Å²) in [7, 11) is 0. The second-order valence-corrected chi connectivity index (χ2v) is 10.7. The molecule has 0 radical (unpaired) electrons. The van der Waals surface area contributed by atoms with Gasteiger partial charge in [-0.15, -0.1) is 11.3 Å². The van der Waals surface area contributed by atoms with Gasteiger partial charge in [0.15, 0.2) is 0 Å². The van der Waals surface area contributed by atoms with Gasteiger partial charge in [0.05, 0.1) is 16.7 Å². The molecule has 0 N–H and O–H groups in total. The molecule has 2 aliphatic heterocycles. The van der Waals surface area contributed by atoms with Gasteiger partial charge in [0, 0.05) is 32.3 Å². The third-order valence-electron chi connectivity index (χ3n) is 7.49. The Balaban J connectivity index is 1.22. The van der Waals surface area contributed by atoms with Crippen LogP contribution in [0, 0.1) is 12.8 Å². The van der Waals surface area contributed by atoms with Crippen molar-refractivity contribution in [1.82, 2.24) is 14.8 Å². The molecule has 0 bridgehead atoms. The lowest BCUT2D eigenvalue weighted by molar-refractivity contribution is 0.0534. The number of thiophene rings is 1. The smallest absolute Gasteiger partial charge is 0.236 e. The second kappa shape index (κ2) is 10.2. The van der Waals surface area contributed by atoms with E-state index in [9.17, 15) is 0 Å². The number of aryl methyl sites for hydroxylation is 1. The van der Waals surface area contributed by atoms with E-state index >= 15 is 0 Å². The minimum absolute atomic E-state index is 0.377. The van der Waals surface area contributed by atoms with Crippen molar-refractivity contribution in [2.24, 2.45) is 5.92 Å². The van der Waals surface area contributed by atoms with Crippen LogP contribution in [0.4, 0.5) is 0 Å². The van der Waals surface area contributed by atoms with Crippen molar-refractivity contribution in [1.29, 1.82) is 0 Å². The van der Waals surface area contributed by atoms with E-state index in [0.717, 1.165) is 60.4 Å². The lowest BCUT2D eigenvalue weighted by atomic mass is 9.94. The SMILES string of the molecule is Cc1oc(-c2cccs2)nc1CN(CC1CCN(C2CCCC2)CC1)C[C@H]1CCCO1. The molecule has 1 atom stereocenters. The molecule has 2 saturated heterocycles. The maximum absolute atomic E-state index is 6.03. The van der Waals surface area contributed by atoms with Gasteiger partial charge in [-0.05, 0) is 75.9 Å². The fourth-order valence-corrected chi connectivity index (χ4v) is 6.36. The molecule has 5 nitrogen and oxygen atoms in total. The van der Waals surface area contributed by atoms with Crippen molar-refractivity contribution in [3.05, 3.63) is 29.0 Å². The summed E-state index contributed by atoms with van der Waals surface area (Å²) in [5, 5.41) is 2.08. The first-order valence-corrected chi connectivity index (χ1v) is 13.2. The molecule has 2 aromatic heterocycles. The van der Waals surface area contributed by atoms with Gasteiger partial charge in [-0.2, -0.15) is 0 Å². The fourth-order valence-electron chi connectivity index (χ4n) is 5.71. The van der Waals surface area contributed by atoms with Gasteiger partial charge in [-0.3, -0.25) is 4.90 Å². The van der Waals surface area contributed by atoms with E-state index in [1.165, 1.54) is 64.5 Å². The summed E-state index contributed by atoms with van der Waals surface area (Å²) in [6, 6.07) is 5.01. The van der Waals surface area contributed by atoms with Crippen molar-refractivity contribution in [2.45, 2.75) is 77.0 Å². The highest BCUT2D eigenvalue weighted by atomic mass is 32.1. The molecule has 3 aliphatic rings. The number of hydrogen-bond acceptors (Lipinski definition) is 6. The predicted octanol–water partition coefficient (Wildman–Crippen LogP) is 5.35. The third kappa shape index (κ3) is 5.41. The summed E-state index contributed by atoms with van der Waals surface area (Å²) < 4.78 is 12.0. The van der Waals surface area contributed by atoms with Crippen LogP contribution in [-0.2, 0) is 11.3 Å². The van der Waals surface area contributed by atoms with Crippen LogP contribution < -0.4 is 0 Å². The van der Waals surface area contributed by atoms with Gasteiger partial charge in [-0.25, -0.2) is 4.98 Å². The summed E-state index contributed by atoms with van der Waals surface area (Å²) in [6.07, 6.45) is 11.1. The third-order valence-corrected chi connectivity index (χ3v) is 8.35. The minimum Gasteiger partial charge on any atom is -0.440 e. The number of likely N-dealkylation sites (tertiary alicyclic amines) is 1. The highest BCUT2D eigenvalue weighted by molar-refractivity contribution is 7.13. The molecule has 0 amide bonds. The largest absolute Gasteiger partial charge is 0.440 e. The Hall–Kier alpha value is -1.21. The summed E-state index contributed by atoms with van der Waals surface area (Å²) >= 11 is 1.69. The highest BCUT2D eigenvalue weighted by Crippen LogP contribution is 2.30. The highest BCUT2D eigenvalue weighted by Gasteiger charge is 2.29. The molecular formula is C25H37N3O2S. The standard InChI is InChI=1S/C25H37N3O2S/c1-19-23(26-25(30-19)24-9-5-15-31-24)18-27(17-22-8-4-14-29-22)16-20-10-12-28(13-11-20)21-6-2-3-7-21/h5,9,15,20-22H,2-4,6-8,10-14,16-18H2,1H3/t22-/m1/s1. The maximum Gasteiger partial charge on any atom is 0.236 e. The van der Waals surface area contributed by atoms with Gasteiger partial charge >= 0.3 is 0 Å². The zero-order valence-electron chi connectivity index (χ0n) is 18.9. The maximum atomic E-state index is 6.03. The summed E-state index contributed by atoms with van der Waals surface area (Å²) in [5.41, 5.74) is 1.09. The van der Waals surface area contributed by atoms with Gasteiger partial charge in [0.1, 0.15) is 5.76 Å². The van der Waals surface area contributed by atoms with Crippen LogP contribution in [0.3, 0.4) is 0 Å². The van der Waals surface area contributed by atoms with E-state index in [2.05, 4.69) is 34.2 Å². The lowest BCUT2D eigenvalue weighted by Gasteiger charge is -2.38. The van der Waals surface area contributed by atoms with Crippen molar-refractivity contribution < 1.29 is 9.15 Å². The summed E-state index contributed by atoms with van der Waals surface area (Å²) in [4.78, 5) is 11.4. The van der Waals surface area contributed by atoms with Gasteiger partial charge in [0.25, 0.3) is 0 Å². The van der Waals surface area contributed by atoms with Crippen LogP contribution in [0.2, 0.25) is 0 Å². The Labute approximate surface area is 190 Å². The Morgan fingerprint density at radius 2 is 1.94 bits per heavy atom. The van der Waals surface area contributed by atoms with Crippen molar-refractivity contribution in [2.75, 3.05) is 32.8 Å². The van der Waals surface area contributed by atoms with Crippen LogP contribution >= 0.6 is 11.3 Å². The van der Waals surface area contributed by atoms with E-state index in [1.807, 2.05) is 0 Å². The number of rotatable bonds is 8. The molecule has 0 aromatic carbocycles. The number of ether oxygens (including phenoxy) is 1. The number of nitrogens with zero attached hydrogens (tertiary/aromatic N) is 3. The topological polar surface area (TPSA) is 41.7 Å². The molecule has 0 unspecified atom stereocenters. The first-order valence-electron chi connectivity index (χ1n) is 12.3. The monoisotopic (exact) mass is 443 g/mol. The molecule has 170 valence electrons. The summed E-state index contributed by atoms with van der Waals surface area (Å²) in [6.45, 7) is 8.59. The molecular weight excluding hydrogens is 406 g/mol. The molecule has 31 heavy (non-hydrogen) atoms. The second-order valence-electron chi connectivity index (χ2n) is 9.75. The number of aromatic nitrogens is 1. The van der Waals surface area contributed by atoms with Crippen molar-refractivity contribution in [3.63, 3.8) is 0 Å². The Morgan fingerprint density at radius 1 is 1.10 bits per heavy atom. The van der Waals surface area contributed by atoms with Crippen LogP contribution in [0.5, 0.6) is 0 Å². The van der Waals surface area contributed by atoms with E-state index in [-0.39, 0.29) is 0 Å². The van der Waals surface area contributed by atoms with Gasteiger partial charge < -0.3 is 14.1 Å². The zero-order valence-corrected chi connectivity index (χ0v) is 19.7. The van der Waals surface area contributed by atoms with E-state index in [0.29, 0.717) is 6.10 Å². The number of piperidine rings is 1. The number of oxazole rings is 1. The first kappa shape index (κ1) is 21.6. The van der Waals surface area contributed by atoms with Gasteiger partial charge in [0.2, 0.25) is 5.89 Å². The van der Waals surface area contributed by atoms with Crippen molar-refractivity contribution >= 4 is 11.3 Å². The normalized spacial score (nSPS) is 24.0. The zero-order chi connectivity index (χ0) is 21.0. The van der Waals surface area contributed by atoms with E-state index in [1.54, 1.807) is 11.3 Å². The van der Waals surface area contributed by atoms with Crippen LogP contribution in [0.1, 0.15) is 62.8 Å². The van der Waals surface area contributed by atoms with Crippen molar-refractivity contribution in [3.8, 4) is 10.8 Å². The van der Waals surface area contributed by atoms with E-state index < -0.39 is 0 Å². The minimum atomic E-state index is 0.377. The molecule has 6 heteroatoms. The molecule has 1 saturated carbocycles.